The number of carbonyl (C=O) groups excluding carboxylic acids is 1. The zero-order valence-corrected chi connectivity index (χ0v) is 11.0. The molecule has 0 radical (unpaired) electrons. The first-order valence-electron chi connectivity index (χ1n) is 5.41. The monoisotopic (exact) mass is 293 g/mol. The van der Waals surface area contributed by atoms with Gasteiger partial charge >= 0.3 is 0 Å². The fourth-order valence-corrected chi connectivity index (χ4v) is 1.71. The van der Waals surface area contributed by atoms with Gasteiger partial charge in [-0.25, -0.2) is 0 Å². The molecule has 0 unspecified atom stereocenters. The van der Waals surface area contributed by atoms with E-state index in [2.05, 4.69) is 20.9 Å². The van der Waals surface area contributed by atoms with Crippen LogP contribution in [-0.4, -0.2) is 10.8 Å². The molecule has 4 heteroatoms. The van der Waals surface area contributed by atoms with Crippen LogP contribution in [0.3, 0.4) is 0 Å². The molecule has 2 aromatic heterocycles. The first kappa shape index (κ1) is 12.0. The van der Waals surface area contributed by atoms with Crippen molar-refractivity contribution < 1.29 is 9.21 Å². The van der Waals surface area contributed by atoms with E-state index in [4.69, 9.17) is 4.42 Å². The molecule has 2 rings (SSSR count). The minimum Gasteiger partial charge on any atom is -0.458 e. The Morgan fingerprint density at radius 3 is 2.76 bits per heavy atom. The van der Waals surface area contributed by atoms with Crippen molar-refractivity contribution in [2.75, 3.05) is 0 Å². The van der Waals surface area contributed by atoms with E-state index in [9.17, 15) is 4.79 Å². The molecule has 0 saturated carbocycles. The number of furan rings is 1. The highest BCUT2D eigenvalue weighted by molar-refractivity contribution is 9.10. The van der Waals surface area contributed by atoms with Gasteiger partial charge in [-0.05, 0) is 40.2 Å². The molecule has 0 aromatic carbocycles. The summed E-state index contributed by atoms with van der Waals surface area (Å²) in [5.41, 5.74) is 0.743. The quantitative estimate of drug-likeness (QED) is 0.811. The summed E-state index contributed by atoms with van der Waals surface area (Å²) < 4.78 is 6.31. The third-order valence-electron chi connectivity index (χ3n) is 2.42. The van der Waals surface area contributed by atoms with Crippen LogP contribution in [0, 0.1) is 0 Å². The number of aromatic nitrogens is 1. The molecule has 0 atom stereocenters. The van der Waals surface area contributed by atoms with Gasteiger partial charge in [0.05, 0.1) is 6.42 Å². The van der Waals surface area contributed by atoms with Gasteiger partial charge in [-0.1, -0.05) is 6.92 Å². The molecule has 88 valence electrons. The molecule has 0 aliphatic carbocycles. The third-order valence-corrected chi connectivity index (χ3v) is 2.88. The maximum Gasteiger partial charge on any atom is 0.203 e. The smallest absolute Gasteiger partial charge is 0.203 e. The van der Waals surface area contributed by atoms with E-state index in [0.29, 0.717) is 5.76 Å². The van der Waals surface area contributed by atoms with Gasteiger partial charge in [-0.2, -0.15) is 0 Å². The molecular formula is C13H12BrNO2. The molecule has 0 fully saturated rings. The Bertz CT molecular complexity index is 516. The van der Waals surface area contributed by atoms with E-state index >= 15 is 0 Å². The average Bonchev–Trinajstić information content (AvgIpc) is 2.81. The molecule has 0 amide bonds. The van der Waals surface area contributed by atoms with E-state index < -0.39 is 0 Å². The highest BCUT2D eigenvalue weighted by Crippen LogP contribution is 2.13. The van der Waals surface area contributed by atoms with Crippen LogP contribution >= 0.6 is 15.9 Å². The van der Waals surface area contributed by atoms with Gasteiger partial charge in [0.25, 0.3) is 0 Å². The van der Waals surface area contributed by atoms with Crippen LogP contribution in [0.15, 0.2) is 39.4 Å². The first-order valence-corrected chi connectivity index (χ1v) is 6.20. The van der Waals surface area contributed by atoms with E-state index in [1.807, 2.05) is 25.1 Å². The number of hydrogen-bond donors (Lipinski definition) is 0. The lowest BCUT2D eigenvalue weighted by molar-refractivity contribution is 0.0963. The lowest BCUT2D eigenvalue weighted by Crippen LogP contribution is -2.03. The standard InChI is InChI=1S/C13H12BrNO2/c1-2-11-5-6-13(17-11)12(16)7-10-4-3-9(14)8-15-10/h3-6,8H,2,7H2,1H3. The number of pyridine rings is 1. The minimum absolute atomic E-state index is 0.0421. The average molecular weight is 294 g/mol. The number of aryl methyl sites for hydroxylation is 1. The second-order valence-electron chi connectivity index (χ2n) is 3.69. The van der Waals surface area contributed by atoms with Crippen LogP contribution in [0.1, 0.15) is 28.9 Å². The fraction of sp³-hybridized carbons (Fsp3) is 0.231. The molecule has 2 aromatic rings. The van der Waals surface area contributed by atoms with Crippen molar-refractivity contribution in [2.24, 2.45) is 0 Å². The summed E-state index contributed by atoms with van der Waals surface area (Å²) in [7, 11) is 0. The molecule has 0 aliphatic heterocycles. The Morgan fingerprint density at radius 2 is 2.18 bits per heavy atom. The van der Waals surface area contributed by atoms with Crippen LogP contribution in [0.2, 0.25) is 0 Å². The minimum atomic E-state index is -0.0421. The zero-order chi connectivity index (χ0) is 12.3. The van der Waals surface area contributed by atoms with Gasteiger partial charge in [0.15, 0.2) is 5.76 Å². The summed E-state index contributed by atoms with van der Waals surface area (Å²) in [6.45, 7) is 1.99. The van der Waals surface area contributed by atoms with E-state index in [0.717, 1.165) is 22.3 Å². The predicted octanol–water partition coefficient (Wildman–Crippen LogP) is 3.42. The summed E-state index contributed by atoms with van der Waals surface area (Å²) in [5.74, 6) is 1.20. The van der Waals surface area contributed by atoms with Crippen molar-refractivity contribution in [3.63, 3.8) is 0 Å². The first-order chi connectivity index (χ1) is 8.19. The Labute approximate surface area is 108 Å². The third kappa shape index (κ3) is 3.03. The number of halogens is 1. The largest absolute Gasteiger partial charge is 0.458 e. The molecule has 0 saturated heterocycles. The Hall–Kier alpha value is -1.42. The van der Waals surface area contributed by atoms with Gasteiger partial charge in [-0.3, -0.25) is 9.78 Å². The second-order valence-corrected chi connectivity index (χ2v) is 4.60. The Balaban J connectivity index is 2.08. The molecule has 0 N–H and O–H groups in total. The number of carbonyl (C=O) groups is 1. The summed E-state index contributed by atoms with van der Waals surface area (Å²) in [4.78, 5) is 16.0. The zero-order valence-electron chi connectivity index (χ0n) is 9.44. The summed E-state index contributed by atoms with van der Waals surface area (Å²) in [6, 6.07) is 7.25. The SMILES string of the molecule is CCc1ccc(C(=O)Cc2ccc(Br)cn2)o1. The van der Waals surface area contributed by atoms with Crippen molar-refractivity contribution in [3.8, 4) is 0 Å². The van der Waals surface area contributed by atoms with Gasteiger partial charge < -0.3 is 4.42 Å². The Kier molecular flexibility index (Phi) is 3.74. The summed E-state index contributed by atoms with van der Waals surface area (Å²) >= 11 is 3.30. The van der Waals surface area contributed by atoms with Crippen molar-refractivity contribution in [3.05, 3.63) is 52.1 Å². The van der Waals surface area contributed by atoms with Crippen molar-refractivity contribution in [2.45, 2.75) is 19.8 Å². The van der Waals surface area contributed by atoms with Gasteiger partial charge in [-0.15, -0.1) is 0 Å². The Morgan fingerprint density at radius 1 is 1.35 bits per heavy atom. The molecule has 0 spiro atoms. The molecule has 0 aliphatic rings. The number of Topliss-reactive ketones (excluding diaryl/α,β-unsaturated/α-hetero) is 1. The van der Waals surface area contributed by atoms with Crippen molar-refractivity contribution >= 4 is 21.7 Å². The highest BCUT2D eigenvalue weighted by atomic mass is 79.9. The lowest BCUT2D eigenvalue weighted by Gasteiger charge is -1.98. The van der Waals surface area contributed by atoms with Crippen LogP contribution in [0.4, 0.5) is 0 Å². The van der Waals surface area contributed by atoms with E-state index in [1.165, 1.54) is 0 Å². The van der Waals surface area contributed by atoms with E-state index in [-0.39, 0.29) is 12.2 Å². The van der Waals surface area contributed by atoms with Crippen LogP contribution in [-0.2, 0) is 12.8 Å². The topological polar surface area (TPSA) is 43.1 Å². The predicted molar refractivity (Wildman–Crippen MR) is 68.1 cm³/mol. The van der Waals surface area contributed by atoms with Crippen molar-refractivity contribution in [1.29, 1.82) is 0 Å². The molecular weight excluding hydrogens is 282 g/mol. The van der Waals surface area contributed by atoms with Gasteiger partial charge in [0.2, 0.25) is 5.78 Å². The van der Waals surface area contributed by atoms with Crippen LogP contribution in [0.25, 0.3) is 0 Å². The van der Waals surface area contributed by atoms with E-state index in [1.54, 1.807) is 12.3 Å². The maximum absolute atomic E-state index is 11.9. The van der Waals surface area contributed by atoms with Gasteiger partial charge in [0.1, 0.15) is 5.76 Å². The molecule has 17 heavy (non-hydrogen) atoms. The number of rotatable bonds is 4. The molecule has 2 heterocycles. The van der Waals surface area contributed by atoms with Gasteiger partial charge in [0, 0.05) is 22.8 Å². The second kappa shape index (κ2) is 5.27. The number of hydrogen-bond acceptors (Lipinski definition) is 3. The lowest BCUT2D eigenvalue weighted by atomic mass is 10.1. The summed E-state index contributed by atoms with van der Waals surface area (Å²) in [6.07, 6.45) is 2.75. The highest BCUT2D eigenvalue weighted by Gasteiger charge is 2.12. The molecule has 3 nitrogen and oxygen atoms in total. The molecule has 0 bridgehead atoms. The van der Waals surface area contributed by atoms with Crippen LogP contribution in [0.5, 0.6) is 0 Å². The summed E-state index contributed by atoms with van der Waals surface area (Å²) in [5, 5.41) is 0. The van der Waals surface area contributed by atoms with Crippen LogP contribution < -0.4 is 0 Å². The van der Waals surface area contributed by atoms with Crippen molar-refractivity contribution in [1.82, 2.24) is 4.98 Å². The normalized spacial score (nSPS) is 10.5. The number of nitrogens with zero attached hydrogens (tertiary/aromatic N) is 1. The maximum atomic E-state index is 11.9. The fourth-order valence-electron chi connectivity index (χ4n) is 1.48. The number of ketones is 1.